The lowest BCUT2D eigenvalue weighted by Gasteiger charge is -2.14. The van der Waals surface area contributed by atoms with Crippen LogP contribution < -0.4 is 0 Å². The highest BCUT2D eigenvalue weighted by molar-refractivity contribution is 9.09. The molecule has 2 rings (SSSR count). The number of alkyl halides is 1. The van der Waals surface area contributed by atoms with Gasteiger partial charge in [-0.2, -0.15) is 0 Å². The first kappa shape index (κ1) is 16.2. The smallest absolute Gasteiger partial charge is 0.162 e. The van der Waals surface area contributed by atoms with Crippen LogP contribution in [-0.4, -0.2) is 0 Å². The molecule has 0 saturated carbocycles. The molecule has 0 aliphatic heterocycles. The molecule has 2 aromatic rings. The molecule has 2 atom stereocenters. The van der Waals surface area contributed by atoms with Gasteiger partial charge < -0.3 is 0 Å². The molecule has 0 aliphatic rings. The van der Waals surface area contributed by atoms with Gasteiger partial charge >= 0.3 is 0 Å². The van der Waals surface area contributed by atoms with Gasteiger partial charge in [-0.1, -0.05) is 66.2 Å². The van der Waals surface area contributed by atoms with Crippen LogP contribution >= 0.6 is 15.9 Å². The van der Waals surface area contributed by atoms with Crippen LogP contribution in [0.3, 0.4) is 0 Å². The molecule has 0 aromatic heterocycles. The first-order valence-corrected chi connectivity index (χ1v) is 8.11. The molecular formula is C18H19BrF2. The Morgan fingerprint density at radius 2 is 1.62 bits per heavy atom. The van der Waals surface area contributed by atoms with Gasteiger partial charge in [0.25, 0.3) is 0 Å². The average Bonchev–Trinajstić information content (AvgIpc) is 2.51. The van der Waals surface area contributed by atoms with E-state index in [-0.39, 0.29) is 4.83 Å². The lowest BCUT2D eigenvalue weighted by Crippen LogP contribution is -2.00. The summed E-state index contributed by atoms with van der Waals surface area (Å²) in [6.45, 7) is 4.36. The van der Waals surface area contributed by atoms with Crippen LogP contribution in [0.4, 0.5) is 8.78 Å². The van der Waals surface area contributed by atoms with Crippen molar-refractivity contribution in [2.24, 2.45) is 0 Å². The predicted octanol–water partition coefficient (Wildman–Crippen LogP) is 6.16. The van der Waals surface area contributed by atoms with E-state index in [4.69, 9.17) is 0 Å². The topological polar surface area (TPSA) is 0 Å². The molecule has 0 amide bonds. The monoisotopic (exact) mass is 352 g/mol. The Balaban J connectivity index is 2.13. The van der Waals surface area contributed by atoms with Crippen LogP contribution in [0.2, 0.25) is 0 Å². The Morgan fingerprint density at radius 3 is 2.24 bits per heavy atom. The number of hydrogen-bond donors (Lipinski definition) is 0. The Kier molecular flexibility index (Phi) is 5.51. The van der Waals surface area contributed by atoms with Crippen molar-refractivity contribution in [3.63, 3.8) is 0 Å². The maximum Gasteiger partial charge on any atom is 0.162 e. The van der Waals surface area contributed by atoms with Crippen LogP contribution in [0.1, 0.15) is 47.7 Å². The van der Waals surface area contributed by atoms with Crippen molar-refractivity contribution in [2.45, 2.75) is 37.4 Å². The Bertz CT molecular complexity index is 593. The van der Waals surface area contributed by atoms with Gasteiger partial charge in [0.1, 0.15) is 0 Å². The zero-order chi connectivity index (χ0) is 15.4. The van der Waals surface area contributed by atoms with Crippen LogP contribution in [0.5, 0.6) is 0 Å². The highest BCUT2D eigenvalue weighted by atomic mass is 79.9. The minimum atomic E-state index is -0.792. The zero-order valence-corrected chi connectivity index (χ0v) is 13.8. The minimum Gasteiger partial charge on any atom is -0.204 e. The summed E-state index contributed by atoms with van der Waals surface area (Å²) in [5, 5.41) is 0. The molecule has 0 saturated heterocycles. The Labute approximate surface area is 133 Å². The lowest BCUT2D eigenvalue weighted by molar-refractivity contribution is 0.498. The highest BCUT2D eigenvalue weighted by Crippen LogP contribution is 2.30. The average molecular weight is 353 g/mol. The van der Waals surface area contributed by atoms with Crippen LogP contribution in [0, 0.1) is 11.6 Å². The first-order chi connectivity index (χ1) is 10.0. The number of benzene rings is 2. The molecule has 0 bridgehead atoms. The maximum absolute atomic E-state index is 13.7. The number of rotatable bonds is 5. The molecule has 0 N–H and O–H groups in total. The second-order valence-corrected chi connectivity index (χ2v) is 6.47. The summed E-state index contributed by atoms with van der Waals surface area (Å²) >= 11 is 3.57. The van der Waals surface area contributed by atoms with E-state index in [0.717, 1.165) is 18.1 Å². The van der Waals surface area contributed by atoms with E-state index in [0.29, 0.717) is 17.9 Å². The predicted molar refractivity (Wildman–Crippen MR) is 86.9 cm³/mol. The van der Waals surface area contributed by atoms with Crippen molar-refractivity contribution in [3.8, 4) is 0 Å². The van der Waals surface area contributed by atoms with Crippen molar-refractivity contribution in [3.05, 3.63) is 70.8 Å². The summed E-state index contributed by atoms with van der Waals surface area (Å²) < 4.78 is 26.9. The van der Waals surface area contributed by atoms with Crippen LogP contribution in [-0.2, 0) is 6.42 Å². The van der Waals surface area contributed by atoms with Gasteiger partial charge in [-0.3, -0.25) is 0 Å². The molecular weight excluding hydrogens is 334 g/mol. The van der Waals surface area contributed by atoms with Crippen molar-refractivity contribution >= 4 is 15.9 Å². The molecule has 0 heterocycles. The van der Waals surface area contributed by atoms with Gasteiger partial charge in [-0.15, -0.1) is 0 Å². The van der Waals surface area contributed by atoms with Crippen LogP contribution in [0.25, 0.3) is 0 Å². The normalized spacial score (nSPS) is 14.0. The molecule has 2 aromatic carbocycles. The maximum atomic E-state index is 13.7. The Morgan fingerprint density at radius 1 is 1.00 bits per heavy atom. The molecule has 0 aliphatic carbocycles. The summed E-state index contributed by atoms with van der Waals surface area (Å²) in [6.07, 6.45) is 1.53. The van der Waals surface area contributed by atoms with Gasteiger partial charge in [0, 0.05) is 4.83 Å². The molecule has 0 spiro atoms. The fourth-order valence-corrected chi connectivity index (χ4v) is 2.94. The second kappa shape index (κ2) is 7.17. The lowest BCUT2D eigenvalue weighted by atomic mass is 9.96. The third-order valence-electron chi connectivity index (χ3n) is 3.91. The fraction of sp³-hybridized carbons (Fsp3) is 0.333. The molecule has 2 unspecified atom stereocenters. The molecule has 0 radical (unpaired) electrons. The van der Waals surface area contributed by atoms with Crippen molar-refractivity contribution < 1.29 is 8.78 Å². The van der Waals surface area contributed by atoms with Crippen LogP contribution in [0.15, 0.2) is 42.5 Å². The van der Waals surface area contributed by atoms with Crippen molar-refractivity contribution in [1.82, 2.24) is 0 Å². The second-order valence-electron chi connectivity index (χ2n) is 5.36. The molecule has 3 heteroatoms. The van der Waals surface area contributed by atoms with E-state index in [1.807, 2.05) is 0 Å². The summed E-state index contributed by atoms with van der Waals surface area (Å²) in [5.74, 6) is -1.01. The summed E-state index contributed by atoms with van der Waals surface area (Å²) in [7, 11) is 0. The number of hydrogen-bond acceptors (Lipinski definition) is 0. The molecule has 0 nitrogen and oxygen atoms in total. The zero-order valence-electron chi connectivity index (χ0n) is 12.2. The van der Waals surface area contributed by atoms with E-state index in [2.05, 4.69) is 54.0 Å². The SMILES string of the molecule is CCC(C)c1ccc(C(Br)Cc2cccc(F)c2F)cc1. The first-order valence-electron chi connectivity index (χ1n) is 7.19. The van der Waals surface area contributed by atoms with Gasteiger partial charge in [0.15, 0.2) is 11.6 Å². The van der Waals surface area contributed by atoms with Gasteiger partial charge in [0.05, 0.1) is 0 Å². The summed E-state index contributed by atoms with van der Waals surface area (Å²) in [4.78, 5) is -0.0280. The third kappa shape index (κ3) is 3.91. The third-order valence-corrected chi connectivity index (χ3v) is 4.76. The van der Waals surface area contributed by atoms with Gasteiger partial charge in [-0.05, 0) is 41.5 Å². The minimum absolute atomic E-state index is 0.0280. The van der Waals surface area contributed by atoms with Gasteiger partial charge in [-0.25, -0.2) is 8.78 Å². The number of halogens is 3. The van der Waals surface area contributed by atoms with E-state index < -0.39 is 11.6 Å². The van der Waals surface area contributed by atoms with E-state index in [1.54, 1.807) is 12.1 Å². The van der Waals surface area contributed by atoms with Gasteiger partial charge in [0.2, 0.25) is 0 Å². The molecule has 112 valence electrons. The quantitative estimate of drug-likeness (QED) is 0.565. The Hall–Kier alpha value is -1.22. The molecule has 0 fully saturated rings. The van der Waals surface area contributed by atoms with Crippen molar-refractivity contribution in [2.75, 3.05) is 0 Å². The largest absolute Gasteiger partial charge is 0.204 e. The fourth-order valence-electron chi connectivity index (χ4n) is 2.29. The van der Waals surface area contributed by atoms with Crippen molar-refractivity contribution in [1.29, 1.82) is 0 Å². The van der Waals surface area contributed by atoms with E-state index in [9.17, 15) is 8.78 Å². The summed E-state index contributed by atoms with van der Waals surface area (Å²) in [6, 6.07) is 12.6. The highest BCUT2D eigenvalue weighted by Gasteiger charge is 2.14. The van der Waals surface area contributed by atoms with E-state index in [1.165, 1.54) is 5.56 Å². The summed E-state index contributed by atoms with van der Waals surface area (Å²) in [5.41, 5.74) is 2.77. The molecule has 21 heavy (non-hydrogen) atoms. The standard InChI is InChI=1S/C18H19BrF2/c1-3-12(2)13-7-9-14(10-8-13)16(19)11-15-5-4-6-17(20)18(15)21/h4-10,12,16H,3,11H2,1-2H3. The van der Waals surface area contributed by atoms with E-state index >= 15 is 0 Å².